The van der Waals surface area contributed by atoms with Gasteiger partial charge in [0.05, 0.1) is 12.1 Å². The minimum atomic E-state index is 0.756. The van der Waals surface area contributed by atoms with Crippen molar-refractivity contribution >= 4 is 23.0 Å². The van der Waals surface area contributed by atoms with E-state index in [1.54, 1.807) is 17.7 Å². The van der Waals surface area contributed by atoms with Gasteiger partial charge in [0.2, 0.25) is 0 Å². The van der Waals surface area contributed by atoms with Gasteiger partial charge in [0.1, 0.15) is 18.0 Å². The van der Waals surface area contributed by atoms with E-state index in [2.05, 4.69) is 39.4 Å². The van der Waals surface area contributed by atoms with Crippen LogP contribution in [0.1, 0.15) is 37.1 Å². The number of thiazole rings is 1. The van der Waals surface area contributed by atoms with E-state index in [-0.39, 0.29) is 0 Å². The third-order valence-electron chi connectivity index (χ3n) is 2.90. The van der Waals surface area contributed by atoms with Crippen molar-refractivity contribution in [2.75, 3.05) is 17.2 Å². The molecule has 5 nitrogen and oxygen atoms in total. The molecule has 6 heteroatoms. The van der Waals surface area contributed by atoms with Crippen molar-refractivity contribution in [3.05, 3.63) is 28.5 Å². The zero-order valence-corrected chi connectivity index (χ0v) is 12.8. The Bertz CT molecular complexity index is 512. The third-order valence-corrected chi connectivity index (χ3v) is 3.68. The Labute approximate surface area is 123 Å². The van der Waals surface area contributed by atoms with Crippen molar-refractivity contribution in [3.63, 3.8) is 0 Å². The van der Waals surface area contributed by atoms with Gasteiger partial charge in [0.25, 0.3) is 0 Å². The van der Waals surface area contributed by atoms with Crippen molar-refractivity contribution in [1.29, 1.82) is 0 Å². The first-order valence-electron chi connectivity index (χ1n) is 7.04. The van der Waals surface area contributed by atoms with Gasteiger partial charge >= 0.3 is 0 Å². The molecule has 2 N–H and O–H groups in total. The average molecular weight is 291 g/mol. The second-order valence-electron chi connectivity index (χ2n) is 4.55. The maximum atomic E-state index is 4.39. The molecule has 0 amide bonds. The highest BCUT2D eigenvalue weighted by molar-refractivity contribution is 7.09. The van der Waals surface area contributed by atoms with Crippen molar-refractivity contribution in [1.82, 2.24) is 15.0 Å². The van der Waals surface area contributed by atoms with Crippen molar-refractivity contribution in [2.45, 2.75) is 39.7 Å². The highest BCUT2D eigenvalue weighted by Gasteiger charge is 2.10. The summed E-state index contributed by atoms with van der Waals surface area (Å²) >= 11 is 1.65. The van der Waals surface area contributed by atoms with Crippen LogP contribution in [0.3, 0.4) is 0 Å². The maximum absolute atomic E-state index is 4.39. The van der Waals surface area contributed by atoms with Crippen molar-refractivity contribution in [3.8, 4) is 0 Å². The van der Waals surface area contributed by atoms with E-state index in [1.165, 1.54) is 10.4 Å². The lowest BCUT2D eigenvalue weighted by Crippen LogP contribution is -2.10. The molecule has 2 heterocycles. The Morgan fingerprint density at radius 2 is 1.90 bits per heavy atom. The SMILES string of the molecule is CCCNc1ncnc(NCc2cncs2)c1CCC. The molecular formula is C14H21N5S. The molecule has 0 aliphatic carbocycles. The molecule has 2 aromatic heterocycles. The van der Waals surface area contributed by atoms with Crippen LogP contribution < -0.4 is 10.6 Å². The third kappa shape index (κ3) is 3.90. The van der Waals surface area contributed by atoms with Crippen LogP contribution in [-0.2, 0) is 13.0 Å². The fourth-order valence-electron chi connectivity index (χ4n) is 1.95. The van der Waals surface area contributed by atoms with Crippen molar-refractivity contribution in [2.24, 2.45) is 0 Å². The quantitative estimate of drug-likeness (QED) is 0.781. The molecule has 0 atom stereocenters. The van der Waals surface area contributed by atoms with Crippen LogP contribution in [-0.4, -0.2) is 21.5 Å². The summed E-state index contributed by atoms with van der Waals surface area (Å²) in [5, 5.41) is 6.78. The summed E-state index contributed by atoms with van der Waals surface area (Å²) in [6.45, 7) is 6.01. The van der Waals surface area contributed by atoms with Crippen LogP contribution >= 0.6 is 11.3 Å². The number of nitrogens with zero attached hydrogens (tertiary/aromatic N) is 3. The zero-order chi connectivity index (χ0) is 14.2. The van der Waals surface area contributed by atoms with Gasteiger partial charge in [-0.3, -0.25) is 4.98 Å². The lowest BCUT2D eigenvalue weighted by atomic mass is 10.1. The predicted molar refractivity (Wildman–Crippen MR) is 84.2 cm³/mol. The molecule has 20 heavy (non-hydrogen) atoms. The molecule has 0 spiro atoms. The molecule has 0 unspecified atom stereocenters. The minimum Gasteiger partial charge on any atom is -0.370 e. The fraction of sp³-hybridized carbons (Fsp3) is 0.500. The molecule has 0 fully saturated rings. The van der Waals surface area contributed by atoms with E-state index < -0.39 is 0 Å². The van der Waals surface area contributed by atoms with Gasteiger partial charge in [0, 0.05) is 23.2 Å². The summed E-state index contributed by atoms with van der Waals surface area (Å²) in [5.41, 5.74) is 3.02. The molecule has 0 aliphatic heterocycles. The molecule has 0 saturated heterocycles. The maximum Gasteiger partial charge on any atom is 0.135 e. The summed E-state index contributed by atoms with van der Waals surface area (Å²) in [4.78, 5) is 14.0. The van der Waals surface area contributed by atoms with Crippen LogP contribution in [0.5, 0.6) is 0 Å². The summed E-state index contributed by atoms with van der Waals surface area (Å²) in [7, 11) is 0. The smallest absolute Gasteiger partial charge is 0.135 e. The topological polar surface area (TPSA) is 62.7 Å². The van der Waals surface area contributed by atoms with Gasteiger partial charge in [0.15, 0.2) is 0 Å². The zero-order valence-electron chi connectivity index (χ0n) is 12.0. The molecule has 2 rings (SSSR count). The first-order valence-corrected chi connectivity index (χ1v) is 7.92. The summed E-state index contributed by atoms with van der Waals surface area (Å²) in [5.74, 6) is 1.88. The number of hydrogen-bond donors (Lipinski definition) is 2. The van der Waals surface area contributed by atoms with Crippen LogP contribution in [0, 0.1) is 0 Å². The summed E-state index contributed by atoms with van der Waals surface area (Å²) in [6.07, 6.45) is 6.63. The Morgan fingerprint density at radius 1 is 1.10 bits per heavy atom. The first-order chi connectivity index (χ1) is 9.85. The van der Waals surface area contributed by atoms with Gasteiger partial charge in [-0.2, -0.15) is 0 Å². The fourth-order valence-corrected chi connectivity index (χ4v) is 2.48. The number of nitrogens with one attached hydrogen (secondary N) is 2. The van der Waals surface area contributed by atoms with Gasteiger partial charge in [-0.1, -0.05) is 20.3 Å². The average Bonchev–Trinajstić information content (AvgIpc) is 2.98. The molecular weight excluding hydrogens is 270 g/mol. The minimum absolute atomic E-state index is 0.756. The lowest BCUT2D eigenvalue weighted by molar-refractivity contribution is 0.887. The van der Waals surface area contributed by atoms with E-state index in [1.807, 2.05) is 11.7 Å². The Kier molecular flexibility index (Phi) is 5.73. The lowest BCUT2D eigenvalue weighted by Gasteiger charge is -2.14. The van der Waals surface area contributed by atoms with Crippen LogP contribution in [0.4, 0.5) is 11.6 Å². The van der Waals surface area contributed by atoms with Gasteiger partial charge in [-0.05, 0) is 12.8 Å². The van der Waals surface area contributed by atoms with Gasteiger partial charge in [-0.25, -0.2) is 9.97 Å². The Balaban J connectivity index is 2.13. The van der Waals surface area contributed by atoms with E-state index >= 15 is 0 Å². The summed E-state index contributed by atoms with van der Waals surface area (Å²) < 4.78 is 0. The van der Waals surface area contributed by atoms with Gasteiger partial charge < -0.3 is 10.6 Å². The monoisotopic (exact) mass is 291 g/mol. The molecule has 108 valence electrons. The number of anilines is 2. The highest BCUT2D eigenvalue weighted by atomic mass is 32.1. The molecule has 0 aliphatic rings. The molecule has 0 saturated carbocycles. The Hall–Kier alpha value is -1.69. The number of rotatable bonds is 8. The second kappa shape index (κ2) is 7.79. The second-order valence-corrected chi connectivity index (χ2v) is 5.52. The van der Waals surface area contributed by atoms with Crippen molar-refractivity contribution < 1.29 is 0 Å². The highest BCUT2D eigenvalue weighted by Crippen LogP contribution is 2.22. The molecule has 0 bridgehead atoms. The molecule has 2 aromatic rings. The number of hydrogen-bond acceptors (Lipinski definition) is 6. The van der Waals surface area contributed by atoms with E-state index in [0.717, 1.165) is 44.0 Å². The largest absolute Gasteiger partial charge is 0.370 e. The summed E-state index contributed by atoms with van der Waals surface area (Å²) in [6, 6.07) is 0. The predicted octanol–water partition coefficient (Wildman–Crippen LogP) is 3.32. The standard InChI is InChI=1S/C14H21N5S/c1-3-5-12-13(16-6-4-2)18-9-19-14(12)17-8-11-7-15-10-20-11/h7,9-10H,3-6,8H2,1-2H3,(H2,16,17,18,19). The van der Waals surface area contributed by atoms with Crippen LogP contribution in [0.25, 0.3) is 0 Å². The molecule has 0 radical (unpaired) electrons. The Morgan fingerprint density at radius 3 is 2.55 bits per heavy atom. The van der Waals surface area contributed by atoms with Crippen LogP contribution in [0.15, 0.2) is 18.0 Å². The number of aromatic nitrogens is 3. The van der Waals surface area contributed by atoms with E-state index in [4.69, 9.17) is 0 Å². The van der Waals surface area contributed by atoms with E-state index in [0.29, 0.717) is 0 Å². The van der Waals surface area contributed by atoms with Crippen LogP contribution in [0.2, 0.25) is 0 Å². The van der Waals surface area contributed by atoms with Gasteiger partial charge in [-0.15, -0.1) is 11.3 Å². The van der Waals surface area contributed by atoms with E-state index in [9.17, 15) is 0 Å². The normalized spacial score (nSPS) is 10.5. The molecule has 0 aromatic carbocycles. The first kappa shape index (κ1) is 14.7.